The van der Waals surface area contributed by atoms with Crippen LogP contribution in [0.3, 0.4) is 0 Å². The number of hydrogen-bond acceptors (Lipinski definition) is 5. The fraction of sp³-hybridized carbons (Fsp3) is 0.150. The van der Waals surface area contributed by atoms with Crippen LogP contribution in [-0.4, -0.2) is 20.4 Å². The molecule has 0 aliphatic heterocycles. The van der Waals surface area contributed by atoms with Crippen LogP contribution in [0.1, 0.15) is 0 Å². The molecule has 0 radical (unpaired) electrons. The van der Waals surface area contributed by atoms with Crippen molar-refractivity contribution in [3.05, 3.63) is 79.1 Å². The predicted molar refractivity (Wildman–Crippen MR) is 94.3 cm³/mol. The largest absolute Gasteiger partial charge is 0.385 e. The van der Waals surface area contributed by atoms with Crippen molar-refractivity contribution in [2.45, 2.75) is 19.2 Å². The summed E-state index contributed by atoms with van der Waals surface area (Å²) < 4.78 is 37.0. The van der Waals surface area contributed by atoms with Crippen LogP contribution < -0.4 is 18.5 Å². The lowest BCUT2D eigenvalue weighted by Crippen LogP contribution is -2.58. The molecule has 0 aliphatic rings. The Bertz CT molecular complexity index is 988. The molecule has 0 fully saturated rings. The average molecular weight is 404 g/mol. The smallest absolute Gasteiger partial charge is 0.175 e. The van der Waals surface area contributed by atoms with Gasteiger partial charge in [0.05, 0.1) is 21.4 Å². The molecule has 0 bridgehead atoms. The monoisotopic (exact) mass is 403 g/mol. The molecule has 0 saturated heterocycles. The number of aromatic nitrogens is 2. The summed E-state index contributed by atoms with van der Waals surface area (Å²) in [6.07, 6.45) is 3.52. The summed E-state index contributed by atoms with van der Waals surface area (Å²) in [4.78, 5) is 0. The average Bonchev–Trinajstić information content (AvgIpc) is 2.96. The van der Waals surface area contributed by atoms with E-state index in [-0.39, 0.29) is 0 Å². The molecule has 7 nitrogen and oxygen atoms in total. The molecule has 4 aromatic rings. The van der Waals surface area contributed by atoms with E-state index in [1.54, 1.807) is 0 Å². The van der Waals surface area contributed by atoms with E-state index in [2.05, 4.69) is 53.1 Å². The molecule has 0 saturated carbocycles. The van der Waals surface area contributed by atoms with Crippen LogP contribution >= 0.6 is 0 Å². The molecule has 0 amide bonds. The van der Waals surface area contributed by atoms with E-state index in [1.165, 1.54) is 21.8 Å². The van der Waals surface area contributed by atoms with Gasteiger partial charge in [0, 0.05) is 33.9 Å². The zero-order valence-electron chi connectivity index (χ0n) is 14.9. The van der Waals surface area contributed by atoms with Gasteiger partial charge in [0.2, 0.25) is 0 Å². The second kappa shape index (κ2) is 8.66. The maximum Gasteiger partial charge on any atom is 0.175 e. The molecule has 1 unspecified atom stereocenters. The number of pyridine rings is 1. The van der Waals surface area contributed by atoms with E-state index in [0.29, 0.717) is 13.1 Å². The highest BCUT2D eigenvalue weighted by molar-refractivity contribution is 6.07. The normalized spacial score (nSPS) is 12.6. The second-order valence-corrected chi connectivity index (χ2v) is 7.06. The zero-order chi connectivity index (χ0) is 20.1. The van der Waals surface area contributed by atoms with E-state index in [1.807, 2.05) is 35.2 Å². The molecule has 1 atom stereocenters. The predicted octanol–water partition coefficient (Wildman–Crippen LogP) is -0.981. The van der Waals surface area contributed by atoms with Gasteiger partial charge in [-0.2, -0.15) is 14.0 Å². The van der Waals surface area contributed by atoms with Crippen LogP contribution in [0.5, 0.6) is 0 Å². The van der Waals surface area contributed by atoms with Crippen molar-refractivity contribution in [3.8, 4) is 0 Å². The Morgan fingerprint density at radius 3 is 1.79 bits per heavy atom. The minimum Gasteiger partial charge on any atom is -0.385 e. The van der Waals surface area contributed by atoms with Gasteiger partial charge in [0.25, 0.3) is 0 Å². The molecule has 146 valence electrons. The van der Waals surface area contributed by atoms with E-state index in [9.17, 15) is 5.11 Å². The third kappa shape index (κ3) is 5.26. The number of benzene rings is 2. The minimum absolute atomic E-state index is 0.443. The summed E-state index contributed by atoms with van der Waals surface area (Å²) in [5, 5.41) is 13.0. The Hall–Kier alpha value is -2.52. The van der Waals surface area contributed by atoms with Crippen molar-refractivity contribution < 1.29 is 38.6 Å². The van der Waals surface area contributed by atoms with Gasteiger partial charge in [0.1, 0.15) is 6.10 Å². The number of halogens is 1. The lowest BCUT2D eigenvalue weighted by Gasteiger charge is -2.11. The summed E-state index contributed by atoms with van der Waals surface area (Å²) in [6, 6.07) is 22.7. The van der Waals surface area contributed by atoms with Crippen molar-refractivity contribution >= 4 is 21.8 Å². The van der Waals surface area contributed by atoms with Crippen LogP contribution in [0.4, 0.5) is 0 Å². The number of nitrogens with zero attached hydrogens (tertiary/aromatic N) is 2. The Morgan fingerprint density at radius 1 is 0.821 bits per heavy atom. The van der Waals surface area contributed by atoms with Crippen molar-refractivity contribution in [3.63, 3.8) is 0 Å². The highest BCUT2D eigenvalue weighted by Gasteiger charge is 2.15. The molecule has 0 spiro atoms. The molecule has 2 aromatic carbocycles. The Labute approximate surface area is 163 Å². The standard InChI is InChI=1S/C20H19N2O.ClHO4/c23-16(14-21-12-6-1-7-13-21)15-22-19-10-4-2-8-17(19)18-9-3-5-11-20(18)22;2-1(3,4)5/h1-13,16,23H,14-15H2;(H,2,3,4,5)/q+1;. The van der Waals surface area contributed by atoms with Gasteiger partial charge in [-0.25, -0.2) is 4.57 Å². The first kappa shape index (κ1) is 20.2. The molecular formula is C20H20ClN2O5+. The summed E-state index contributed by atoms with van der Waals surface area (Å²) in [5.41, 5.74) is 2.34. The Balaban J connectivity index is 0.000000403. The van der Waals surface area contributed by atoms with Crippen LogP contribution in [0.15, 0.2) is 79.1 Å². The van der Waals surface area contributed by atoms with E-state index in [0.717, 1.165) is 0 Å². The van der Waals surface area contributed by atoms with Crippen LogP contribution in [0, 0.1) is 10.2 Å². The lowest BCUT2D eigenvalue weighted by molar-refractivity contribution is -1.92. The molecule has 2 N–H and O–H groups in total. The summed E-state index contributed by atoms with van der Waals surface area (Å²) in [7, 11) is -4.69. The maximum atomic E-state index is 10.6. The van der Waals surface area contributed by atoms with Crippen molar-refractivity contribution in [1.82, 2.24) is 4.57 Å². The fourth-order valence-corrected chi connectivity index (χ4v) is 3.27. The first-order chi connectivity index (χ1) is 13.3. The third-order valence-corrected chi connectivity index (χ3v) is 4.27. The fourth-order valence-electron chi connectivity index (χ4n) is 3.27. The quantitative estimate of drug-likeness (QED) is 0.424. The minimum atomic E-state index is -4.69. The SMILES string of the molecule is OC(Cn1c2ccccc2c2ccccc21)C[n+]1ccccc1.[O-][Cl+3]([O-])([O-])O. The van der Waals surface area contributed by atoms with Crippen molar-refractivity contribution in [1.29, 1.82) is 0 Å². The first-order valence-electron chi connectivity index (χ1n) is 8.54. The number of hydrogen-bond donors (Lipinski definition) is 2. The number of para-hydroxylation sites is 2. The van der Waals surface area contributed by atoms with Crippen molar-refractivity contribution in [2.75, 3.05) is 0 Å². The van der Waals surface area contributed by atoms with Crippen LogP contribution in [0.2, 0.25) is 0 Å². The molecule has 28 heavy (non-hydrogen) atoms. The van der Waals surface area contributed by atoms with Gasteiger partial charge in [0.15, 0.2) is 18.9 Å². The number of aliphatic hydroxyl groups excluding tert-OH is 1. The highest BCUT2D eigenvalue weighted by atomic mass is 35.7. The molecule has 4 rings (SSSR count). The topological polar surface area (TPSA) is 118 Å². The molecular weight excluding hydrogens is 384 g/mol. The van der Waals surface area contributed by atoms with Gasteiger partial charge in [-0.15, -0.1) is 0 Å². The van der Waals surface area contributed by atoms with E-state index >= 15 is 0 Å². The lowest BCUT2D eigenvalue weighted by atomic mass is 10.2. The summed E-state index contributed by atoms with van der Waals surface area (Å²) in [6.45, 7) is 1.16. The molecule has 2 heterocycles. The second-order valence-electron chi connectivity index (χ2n) is 6.27. The van der Waals surface area contributed by atoms with E-state index < -0.39 is 16.3 Å². The van der Waals surface area contributed by atoms with Gasteiger partial charge in [-0.3, -0.25) is 0 Å². The van der Waals surface area contributed by atoms with Crippen LogP contribution in [0.25, 0.3) is 21.8 Å². The van der Waals surface area contributed by atoms with Crippen LogP contribution in [-0.2, 0) is 13.1 Å². The maximum absolute atomic E-state index is 10.6. The number of fused-ring (bicyclic) bond motifs is 3. The number of rotatable bonds is 4. The Morgan fingerprint density at radius 2 is 1.29 bits per heavy atom. The van der Waals surface area contributed by atoms with E-state index in [4.69, 9.17) is 18.6 Å². The van der Waals surface area contributed by atoms with Gasteiger partial charge in [-0.05, 0) is 12.1 Å². The summed E-state index contributed by atoms with van der Waals surface area (Å²) in [5.74, 6) is 0. The number of aliphatic hydroxyl groups is 1. The zero-order valence-corrected chi connectivity index (χ0v) is 15.6. The molecule has 0 aliphatic carbocycles. The third-order valence-electron chi connectivity index (χ3n) is 4.27. The summed E-state index contributed by atoms with van der Waals surface area (Å²) >= 11 is 0. The molecule has 2 aromatic heterocycles. The van der Waals surface area contributed by atoms with Gasteiger partial charge >= 0.3 is 0 Å². The van der Waals surface area contributed by atoms with Gasteiger partial charge < -0.3 is 9.67 Å². The highest BCUT2D eigenvalue weighted by Crippen LogP contribution is 2.28. The van der Waals surface area contributed by atoms with Crippen molar-refractivity contribution in [2.24, 2.45) is 0 Å². The molecule has 8 heteroatoms. The Kier molecular flexibility index (Phi) is 6.25. The van der Waals surface area contributed by atoms with Gasteiger partial charge in [-0.1, -0.05) is 42.5 Å². The first-order valence-corrected chi connectivity index (χ1v) is 9.80.